The van der Waals surface area contributed by atoms with Crippen molar-refractivity contribution in [2.45, 2.75) is 6.92 Å². The molecule has 0 radical (unpaired) electrons. The summed E-state index contributed by atoms with van der Waals surface area (Å²) in [6, 6.07) is 20.4. The summed E-state index contributed by atoms with van der Waals surface area (Å²) in [5, 5.41) is 9.58. The first-order valence-electron chi connectivity index (χ1n) is 9.17. The van der Waals surface area contributed by atoms with Crippen LogP contribution in [-0.2, 0) is 0 Å². The smallest absolute Gasteiger partial charge is 0.189 e. The number of thiazole rings is 1. The Hall–Kier alpha value is -3.71. The summed E-state index contributed by atoms with van der Waals surface area (Å²) in [5.41, 5.74) is 9.88. The first kappa shape index (κ1) is 17.4. The van der Waals surface area contributed by atoms with Crippen LogP contribution in [0.15, 0.2) is 67.0 Å². The Kier molecular flexibility index (Phi) is 4.22. The number of anilines is 5. The van der Waals surface area contributed by atoms with Gasteiger partial charge in [-0.1, -0.05) is 59.9 Å². The first-order chi connectivity index (χ1) is 14.2. The Morgan fingerprint density at radius 1 is 0.862 bits per heavy atom. The number of hydrogen-bond donors (Lipinski definition) is 3. The molecule has 0 amide bonds. The number of fused-ring (bicyclic) bond motifs is 2. The van der Waals surface area contributed by atoms with Crippen LogP contribution < -0.4 is 16.4 Å². The second-order valence-corrected chi connectivity index (χ2v) is 7.73. The maximum Gasteiger partial charge on any atom is 0.189 e. The third-order valence-electron chi connectivity index (χ3n) is 4.77. The summed E-state index contributed by atoms with van der Waals surface area (Å²) >= 11 is 1.57. The molecule has 0 bridgehead atoms. The van der Waals surface area contributed by atoms with Gasteiger partial charge in [0, 0.05) is 11.1 Å². The van der Waals surface area contributed by atoms with E-state index in [9.17, 15) is 0 Å². The van der Waals surface area contributed by atoms with Crippen molar-refractivity contribution in [2.75, 3.05) is 16.4 Å². The Labute approximate surface area is 171 Å². The molecular formula is C22H18N6S. The molecule has 6 nitrogen and oxygen atoms in total. The van der Waals surface area contributed by atoms with E-state index in [4.69, 9.17) is 5.73 Å². The molecule has 0 atom stereocenters. The molecule has 3 aromatic carbocycles. The van der Waals surface area contributed by atoms with E-state index >= 15 is 0 Å². The number of nitrogens with one attached hydrogen (secondary N) is 2. The number of nitrogens with two attached hydrogens (primary N) is 1. The zero-order valence-corrected chi connectivity index (χ0v) is 16.5. The lowest BCUT2D eigenvalue weighted by atomic mass is 10.1. The Bertz CT molecular complexity index is 1340. The Balaban J connectivity index is 1.48. The summed E-state index contributed by atoms with van der Waals surface area (Å²) in [6.07, 6.45) is 1.49. The van der Waals surface area contributed by atoms with Crippen molar-refractivity contribution in [3.63, 3.8) is 0 Å². The fourth-order valence-electron chi connectivity index (χ4n) is 3.30. The van der Waals surface area contributed by atoms with Gasteiger partial charge in [-0.25, -0.2) is 15.0 Å². The molecule has 0 saturated heterocycles. The number of hydrogen-bond acceptors (Lipinski definition) is 7. The molecule has 142 valence electrons. The van der Waals surface area contributed by atoms with Crippen LogP contribution in [0.4, 0.5) is 28.1 Å². The van der Waals surface area contributed by atoms with Crippen LogP contribution in [0.5, 0.6) is 0 Å². The van der Waals surface area contributed by atoms with E-state index in [-0.39, 0.29) is 0 Å². The predicted octanol–water partition coefficient (Wildman–Crippen LogP) is 5.62. The summed E-state index contributed by atoms with van der Waals surface area (Å²) < 4.78 is 1.12. The van der Waals surface area contributed by atoms with Crippen molar-refractivity contribution < 1.29 is 0 Å². The Morgan fingerprint density at radius 3 is 2.48 bits per heavy atom. The lowest BCUT2D eigenvalue weighted by Crippen LogP contribution is -2.05. The highest BCUT2D eigenvalue weighted by atomic mass is 32.1. The van der Waals surface area contributed by atoms with Gasteiger partial charge in [0.15, 0.2) is 16.8 Å². The number of aromatic nitrogens is 3. The zero-order valence-electron chi connectivity index (χ0n) is 15.7. The molecule has 0 fully saturated rings. The van der Waals surface area contributed by atoms with E-state index in [0.717, 1.165) is 37.4 Å². The van der Waals surface area contributed by atoms with Crippen LogP contribution in [0.2, 0.25) is 0 Å². The van der Waals surface area contributed by atoms with Crippen LogP contribution >= 0.6 is 11.3 Å². The number of nitrogens with zero attached hydrogens (tertiary/aromatic N) is 3. The fraction of sp³-hybridized carbons (Fsp3) is 0.0455. The molecule has 4 N–H and O–H groups in total. The molecule has 2 heterocycles. The van der Waals surface area contributed by atoms with Gasteiger partial charge in [-0.3, -0.25) is 0 Å². The van der Waals surface area contributed by atoms with Gasteiger partial charge in [0.25, 0.3) is 0 Å². The van der Waals surface area contributed by atoms with Gasteiger partial charge in [0.1, 0.15) is 12.0 Å². The van der Waals surface area contributed by atoms with Crippen LogP contribution in [0, 0.1) is 6.92 Å². The van der Waals surface area contributed by atoms with Gasteiger partial charge < -0.3 is 16.4 Å². The van der Waals surface area contributed by atoms with Crippen molar-refractivity contribution in [3.05, 3.63) is 72.6 Å². The molecule has 5 rings (SSSR count). The van der Waals surface area contributed by atoms with Crippen molar-refractivity contribution in [3.8, 4) is 0 Å². The van der Waals surface area contributed by atoms with Crippen molar-refractivity contribution in [1.29, 1.82) is 0 Å². The highest BCUT2D eigenvalue weighted by Crippen LogP contribution is 2.34. The minimum absolute atomic E-state index is 0.441. The SMILES string of the molecule is Cc1cccc2sc(Nc3ncnc(Nc4cccc5ccccc45)c3N)nc12. The van der Waals surface area contributed by atoms with Crippen molar-refractivity contribution in [2.24, 2.45) is 0 Å². The van der Waals surface area contributed by atoms with Crippen LogP contribution in [0.1, 0.15) is 5.56 Å². The molecular weight excluding hydrogens is 380 g/mol. The molecule has 0 spiro atoms. The number of nitrogen functional groups attached to an aromatic ring is 1. The quantitative estimate of drug-likeness (QED) is 0.364. The average molecular weight is 398 g/mol. The van der Waals surface area contributed by atoms with E-state index in [0.29, 0.717) is 17.3 Å². The maximum absolute atomic E-state index is 6.37. The third-order valence-corrected chi connectivity index (χ3v) is 5.71. The predicted molar refractivity (Wildman–Crippen MR) is 121 cm³/mol. The molecule has 0 aliphatic carbocycles. The van der Waals surface area contributed by atoms with Crippen LogP contribution in [0.25, 0.3) is 21.0 Å². The molecule has 7 heteroatoms. The minimum atomic E-state index is 0.441. The van der Waals surface area contributed by atoms with Crippen LogP contribution in [-0.4, -0.2) is 15.0 Å². The summed E-state index contributed by atoms with van der Waals surface area (Å²) in [5.74, 6) is 1.08. The van der Waals surface area contributed by atoms with E-state index in [1.165, 1.54) is 6.33 Å². The monoisotopic (exact) mass is 398 g/mol. The lowest BCUT2D eigenvalue weighted by Gasteiger charge is -2.13. The zero-order chi connectivity index (χ0) is 19.8. The number of para-hydroxylation sites is 1. The molecule has 0 saturated carbocycles. The standard InChI is InChI=1S/C22H18N6S/c1-13-6-4-11-17-19(13)27-22(29-17)28-21-18(23)20(24-12-25-21)26-16-10-5-8-14-7-2-3-9-15(14)16/h2-12H,23H2,1H3,(H2,24,25,26,27,28). The normalized spacial score (nSPS) is 11.1. The first-order valence-corrected chi connectivity index (χ1v) is 9.99. The van der Waals surface area contributed by atoms with Crippen LogP contribution in [0.3, 0.4) is 0 Å². The fourth-order valence-corrected chi connectivity index (χ4v) is 4.24. The number of aryl methyl sites for hydroxylation is 1. The summed E-state index contributed by atoms with van der Waals surface area (Å²) in [7, 11) is 0. The molecule has 0 unspecified atom stereocenters. The molecule has 29 heavy (non-hydrogen) atoms. The molecule has 2 aromatic heterocycles. The highest BCUT2D eigenvalue weighted by molar-refractivity contribution is 7.22. The van der Waals surface area contributed by atoms with E-state index in [2.05, 4.69) is 62.8 Å². The van der Waals surface area contributed by atoms with E-state index in [1.54, 1.807) is 11.3 Å². The largest absolute Gasteiger partial charge is 0.393 e. The van der Waals surface area contributed by atoms with E-state index in [1.807, 2.05) is 30.3 Å². The maximum atomic E-state index is 6.37. The average Bonchev–Trinajstić information content (AvgIpc) is 3.15. The minimum Gasteiger partial charge on any atom is -0.393 e. The second kappa shape index (κ2) is 7.03. The molecule has 5 aromatic rings. The number of rotatable bonds is 4. The topological polar surface area (TPSA) is 88.8 Å². The highest BCUT2D eigenvalue weighted by Gasteiger charge is 2.12. The van der Waals surface area contributed by atoms with Gasteiger partial charge in [-0.15, -0.1) is 0 Å². The summed E-state index contributed by atoms with van der Waals surface area (Å²) in [6.45, 7) is 2.05. The molecule has 0 aliphatic rings. The van der Waals surface area contributed by atoms with Crippen molar-refractivity contribution >= 4 is 60.5 Å². The Morgan fingerprint density at radius 2 is 1.62 bits per heavy atom. The van der Waals surface area contributed by atoms with Gasteiger partial charge in [-0.05, 0) is 30.0 Å². The van der Waals surface area contributed by atoms with Gasteiger partial charge in [-0.2, -0.15) is 0 Å². The second-order valence-electron chi connectivity index (χ2n) is 6.70. The number of benzene rings is 3. The van der Waals surface area contributed by atoms with Gasteiger partial charge in [0.2, 0.25) is 0 Å². The van der Waals surface area contributed by atoms with Gasteiger partial charge in [0.05, 0.1) is 10.2 Å². The third kappa shape index (κ3) is 3.21. The molecule has 0 aliphatic heterocycles. The lowest BCUT2D eigenvalue weighted by molar-refractivity contribution is 1.17. The van der Waals surface area contributed by atoms with Gasteiger partial charge >= 0.3 is 0 Å². The van der Waals surface area contributed by atoms with Crippen molar-refractivity contribution in [1.82, 2.24) is 15.0 Å². The van der Waals surface area contributed by atoms with E-state index < -0.39 is 0 Å². The summed E-state index contributed by atoms with van der Waals surface area (Å²) in [4.78, 5) is 13.3.